The smallest absolute Gasteiger partial charge is 0.0489 e. The molecule has 1 N–H and O–H groups in total. The Morgan fingerprint density at radius 3 is 2.93 bits per heavy atom. The molecule has 0 aliphatic carbocycles. The molecule has 1 heterocycles. The van der Waals surface area contributed by atoms with Crippen molar-refractivity contribution in [3.8, 4) is 0 Å². The van der Waals surface area contributed by atoms with Crippen molar-refractivity contribution in [2.24, 2.45) is 0 Å². The van der Waals surface area contributed by atoms with Crippen LogP contribution in [0.15, 0.2) is 18.3 Å². The fraction of sp³-hybridized carbons (Fsp3) is 0.500. The predicted octanol–water partition coefficient (Wildman–Crippen LogP) is 1.57. The lowest BCUT2D eigenvalue weighted by Gasteiger charge is -2.10. The average Bonchev–Trinajstić information content (AvgIpc) is 2.14. The lowest BCUT2D eigenvalue weighted by atomic mass is 10.3. The molecule has 0 amide bonds. The predicted molar refractivity (Wildman–Crippen MR) is 61.0 cm³/mol. The Bertz CT molecular complexity index is 328. The molecule has 0 aromatic carbocycles. The van der Waals surface area contributed by atoms with E-state index in [9.17, 15) is 4.21 Å². The first-order valence-corrected chi connectivity index (χ1v) is 6.20. The molecule has 3 nitrogen and oxygen atoms in total. The Balaban J connectivity index is 2.49. The lowest BCUT2D eigenvalue weighted by molar-refractivity contribution is 0.679. The normalized spacial score (nSPS) is 14.8. The maximum absolute atomic E-state index is 11.1. The van der Waals surface area contributed by atoms with Crippen molar-refractivity contribution in [3.63, 3.8) is 0 Å². The number of nitrogens with zero attached hydrogens (tertiary/aromatic N) is 1. The van der Waals surface area contributed by atoms with Gasteiger partial charge in [-0.3, -0.25) is 9.19 Å². The van der Waals surface area contributed by atoms with E-state index >= 15 is 0 Å². The number of aryl methyl sites for hydroxylation is 1. The highest BCUT2D eigenvalue weighted by molar-refractivity contribution is 7.84. The second-order valence-corrected chi connectivity index (χ2v) is 5.18. The van der Waals surface area contributed by atoms with Gasteiger partial charge in [-0.1, -0.05) is 0 Å². The van der Waals surface area contributed by atoms with E-state index in [2.05, 4.69) is 10.3 Å². The second-order valence-electron chi connectivity index (χ2n) is 3.38. The van der Waals surface area contributed by atoms with E-state index in [0.29, 0.717) is 0 Å². The molecule has 0 radical (unpaired) electrons. The fourth-order valence-electron chi connectivity index (χ4n) is 1.03. The Morgan fingerprint density at radius 1 is 1.64 bits per heavy atom. The molecule has 1 aromatic heterocycles. The van der Waals surface area contributed by atoms with E-state index < -0.39 is 10.8 Å². The third kappa shape index (κ3) is 3.46. The van der Waals surface area contributed by atoms with Gasteiger partial charge in [0.2, 0.25) is 0 Å². The van der Waals surface area contributed by atoms with Crippen molar-refractivity contribution in [1.82, 2.24) is 4.98 Å². The summed E-state index contributed by atoms with van der Waals surface area (Å²) in [5, 5.41) is 3.40. The molecule has 14 heavy (non-hydrogen) atoms. The first-order chi connectivity index (χ1) is 6.59. The SMILES string of the molecule is Cc1cc(NCC(C)S(C)=O)ccn1. The maximum atomic E-state index is 11.1. The van der Waals surface area contributed by atoms with Crippen molar-refractivity contribution < 1.29 is 4.21 Å². The minimum Gasteiger partial charge on any atom is -0.384 e. The van der Waals surface area contributed by atoms with Crippen LogP contribution >= 0.6 is 0 Å². The Hall–Kier alpha value is -0.900. The van der Waals surface area contributed by atoms with Crippen LogP contribution in [-0.2, 0) is 10.8 Å². The number of aromatic nitrogens is 1. The van der Waals surface area contributed by atoms with Crippen LogP contribution < -0.4 is 5.32 Å². The highest BCUT2D eigenvalue weighted by Gasteiger charge is 2.04. The molecule has 0 saturated carbocycles. The van der Waals surface area contributed by atoms with E-state index in [4.69, 9.17) is 0 Å². The highest BCUT2D eigenvalue weighted by atomic mass is 32.2. The van der Waals surface area contributed by atoms with Crippen molar-refractivity contribution in [2.45, 2.75) is 19.1 Å². The summed E-state index contributed by atoms with van der Waals surface area (Å²) in [7, 11) is -0.767. The third-order valence-electron chi connectivity index (χ3n) is 2.06. The monoisotopic (exact) mass is 212 g/mol. The van der Waals surface area contributed by atoms with Crippen LogP contribution in [0.3, 0.4) is 0 Å². The molecule has 0 fully saturated rings. The van der Waals surface area contributed by atoms with Gasteiger partial charge in [0.05, 0.1) is 0 Å². The molecular weight excluding hydrogens is 196 g/mol. The first kappa shape index (κ1) is 11.2. The van der Waals surface area contributed by atoms with Gasteiger partial charge in [0, 0.05) is 46.4 Å². The van der Waals surface area contributed by atoms with Gasteiger partial charge in [0.25, 0.3) is 0 Å². The van der Waals surface area contributed by atoms with Crippen molar-refractivity contribution in [3.05, 3.63) is 24.0 Å². The summed E-state index contributed by atoms with van der Waals surface area (Å²) < 4.78 is 11.1. The lowest BCUT2D eigenvalue weighted by Crippen LogP contribution is -2.20. The van der Waals surface area contributed by atoms with E-state index in [0.717, 1.165) is 17.9 Å². The van der Waals surface area contributed by atoms with E-state index in [1.54, 1.807) is 12.5 Å². The van der Waals surface area contributed by atoms with E-state index in [1.807, 2.05) is 26.0 Å². The summed E-state index contributed by atoms with van der Waals surface area (Å²) in [6, 6.07) is 3.89. The molecule has 0 spiro atoms. The molecule has 1 rings (SSSR count). The minimum atomic E-state index is -0.767. The number of hydrogen-bond acceptors (Lipinski definition) is 3. The van der Waals surface area contributed by atoms with Gasteiger partial charge in [0.15, 0.2) is 0 Å². The number of hydrogen-bond donors (Lipinski definition) is 1. The third-order valence-corrected chi connectivity index (χ3v) is 3.36. The zero-order chi connectivity index (χ0) is 10.6. The molecule has 1 aromatic rings. The molecule has 0 aliphatic rings. The Labute approximate surface area is 87.4 Å². The largest absolute Gasteiger partial charge is 0.384 e. The molecule has 0 aliphatic heterocycles. The molecule has 4 heteroatoms. The van der Waals surface area contributed by atoms with Gasteiger partial charge >= 0.3 is 0 Å². The van der Waals surface area contributed by atoms with Gasteiger partial charge in [-0.2, -0.15) is 0 Å². The van der Waals surface area contributed by atoms with Gasteiger partial charge in [-0.15, -0.1) is 0 Å². The number of nitrogens with one attached hydrogen (secondary N) is 1. The van der Waals surface area contributed by atoms with Crippen molar-refractivity contribution >= 4 is 16.5 Å². The maximum Gasteiger partial charge on any atom is 0.0489 e. The van der Waals surface area contributed by atoms with Gasteiger partial charge in [0.1, 0.15) is 0 Å². The van der Waals surface area contributed by atoms with E-state index in [-0.39, 0.29) is 5.25 Å². The highest BCUT2D eigenvalue weighted by Crippen LogP contribution is 2.07. The minimum absolute atomic E-state index is 0.170. The van der Waals surface area contributed by atoms with Crippen LogP contribution in [0.1, 0.15) is 12.6 Å². The van der Waals surface area contributed by atoms with E-state index in [1.165, 1.54) is 0 Å². The molecule has 0 saturated heterocycles. The standard InChI is InChI=1S/C10H16N2OS/c1-8-6-10(4-5-11-8)12-7-9(2)14(3)13/h4-6,9H,7H2,1-3H3,(H,11,12). The van der Waals surface area contributed by atoms with Crippen LogP contribution in [0.25, 0.3) is 0 Å². The summed E-state index contributed by atoms with van der Waals surface area (Å²) in [6.07, 6.45) is 3.50. The molecule has 2 unspecified atom stereocenters. The quantitative estimate of drug-likeness (QED) is 0.823. The number of rotatable bonds is 4. The Morgan fingerprint density at radius 2 is 2.36 bits per heavy atom. The number of pyridine rings is 1. The average molecular weight is 212 g/mol. The molecule has 78 valence electrons. The summed E-state index contributed by atoms with van der Waals surface area (Å²) in [6.45, 7) is 4.65. The van der Waals surface area contributed by atoms with Gasteiger partial charge in [-0.25, -0.2) is 0 Å². The van der Waals surface area contributed by atoms with Gasteiger partial charge in [-0.05, 0) is 26.0 Å². The van der Waals surface area contributed by atoms with Crippen LogP contribution in [-0.4, -0.2) is 27.2 Å². The van der Waals surface area contributed by atoms with Crippen LogP contribution in [0.2, 0.25) is 0 Å². The molecular formula is C10H16N2OS. The summed E-state index contributed by atoms with van der Waals surface area (Å²) in [5.41, 5.74) is 2.02. The van der Waals surface area contributed by atoms with Crippen LogP contribution in [0.4, 0.5) is 5.69 Å². The summed E-state index contributed by atoms with van der Waals surface area (Å²) in [4.78, 5) is 4.10. The fourth-order valence-corrected chi connectivity index (χ4v) is 1.35. The molecule has 2 atom stereocenters. The van der Waals surface area contributed by atoms with Crippen LogP contribution in [0.5, 0.6) is 0 Å². The Kier molecular flexibility index (Phi) is 4.07. The van der Waals surface area contributed by atoms with Crippen molar-refractivity contribution in [1.29, 1.82) is 0 Å². The van der Waals surface area contributed by atoms with Gasteiger partial charge < -0.3 is 5.32 Å². The molecule has 0 bridgehead atoms. The second kappa shape index (κ2) is 5.10. The summed E-state index contributed by atoms with van der Waals surface area (Å²) in [5.74, 6) is 0. The van der Waals surface area contributed by atoms with Crippen molar-refractivity contribution in [2.75, 3.05) is 18.1 Å². The summed E-state index contributed by atoms with van der Waals surface area (Å²) >= 11 is 0. The first-order valence-electron chi connectivity index (χ1n) is 4.58. The van der Waals surface area contributed by atoms with Crippen LogP contribution in [0, 0.1) is 6.92 Å². The zero-order valence-corrected chi connectivity index (χ0v) is 9.60. The number of anilines is 1. The topological polar surface area (TPSA) is 42.0 Å². The zero-order valence-electron chi connectivity index (χ0n) is 8.78.